The number of primary amides is 1. The highest BCUT2D eigenvalue weighted by Gasteiger charge is 2.64. The van der Waals surface area contributed by atoms with Gasteiger partial charge in [-0.3, -0.25) is 29.8 Å². The van der Waals surface area contributed by atoms with Crippen LogP contribution >= 0.6 is 27.5 Å². The number of esters is 1. The van der Waals surface area contributed by atoms with Gasteiger partial charge in [-0.1, -0.05) is 78.7 Å². The Labute approximate surface area is 498 Å². The van der Waals surface area contributed by atoms with Crippen LogP contribution in [0.3, 0.4) is 0 Å². The first kappa shape index (κ1) is 67.1. The second-order valence-corrected chi connectivity index (χ2v) is 22.8. The highest BCUT2D eigenvalue weighted by atomic mass is 79.9. The topological polar surface area (TPSA) is 317 Å². The number of carbonyl (C=O) groups excluding carboxylic acids is 8. The third kappa shape index (κ3) is 18.6. The quantitative estimate of drug-likeness (QED) is 0.0145. The maximum absolute atomic E-state index is 14.4. The van der Waals surface area contributed by atoms with E-state index >= 15 is 0 Å². The molecule has 10 atom stereocenters. The molecular weight excluding hydrogens is 1160 g/mol. The maximum atomic E-state index is 14.4. The Hall–Kier alpha value is -6.73. The number of allylic oxidation sites excluding steroid dienone is 3. The van der Waals surface area contributed by atoms with Gasteiger partial charge in [0.05, 0.1) is 31.4 Å². The van der Waals surface area contributed by atoms with Gasteiger partial charge in [0.1, 0.15) is 46.8 Å². The summed E-state index contributed by atoms with van der Waals surface area (Å²) in [5.41, 5.74) is 5.36. The standard InChI is InChI=1S/C58H80BrClN8O15/c1-31(2)49(66-46(69)20-13-12-17-35(6)80-53(73)34(5)30-59)52(72)65-40(18-15-23-62-54(61)74)51(71)64-39-22-21-38(25-33(39)4)63-55(75)82-45-28-47(70)68(9)41-26-37(27-42(78-10)48(41)60)24-32(3)16-14-19-44(79-11)58(77)29-43(81-56(76)67-58)36(7)50-57(45,8)83-50/h14,16,19,21-22,25-27,31,35-36,40,43-45,49-50,77H,5,12-13,15,17-18,20,23-24,28-30H2,1-4,6-11H3,(H,63,75)(H,64,71)(H,65,72)(H,66,69)(H,67,76)(H3,61,62,74)/b19-14+,32-16+/t35?,36-,40+,43+,44-,45+,49+,50+,57+,58+/m1/s1. The van der Waals surface area contributed by atoms with Crippen LogP contribution in [0.1, 0.15) is 104 Å². The lowest BCUT2D eigenvalue weighted by molar-refractivity contribution is -0.144. The summed E-state index contributed by atoms with van der Waals surface area (Å²) in [5, 5.41) is 28.5. The molecule has 1 unspecified atom stereocenters. The monoisotopic (exact) mass is 1240 g/mol. The van der Waals surface area contributed by atoms with Crippen molar-refractivity contribution in [3.8, 4) is 5.75 Å². The molecule has 0 saturated carbocycles. The van der Waals surface area contributed by atoms with Gasteiger partial charge in [0.25, 0.3) is 0 Å². The molecule has 2 aromatic carbocycles. The number of aryl methyl sites for hydroxylation is 1. The number of rotatable bonds is 22. The number of epoxide rings is 1. The van der Waals surface area contributed by atoms with E-state index in [2.05, 4.69) is 54.4 Å². The molecule has 5 rings (SSSR count). The molecule has 23 nitrogen and oxygen atoms in total. The van der Waals surface area contributed by atoms with Crippen LogP contribution in [0.2, 0.25) is 5.02 Å². The van der Waals surface area contributed by atoms with E-state index in [0.29, 0.717) is 59.3 Å². The van der Waals surface area contributed by atoms with Crippen LogP contribution in [0.15, 0.2) is 66.3 Å². The predicted octanol–water partition coefficient (Wildman–Crippen LogP) is 7.14. The Morgan fingerprint density at radius 3 is 2.39 bits per heavy atom. The van der Waals surface area contributed by atoms with Crippen molar-refractivity contribution in [1.82, 2.24) is 21.3 Å². The zero-order valence-electron chi connectivity index (χ0n) is 48.7. The van der Waals surface area contributed by atoms with Gasteiger partial charge >= 0.3 is 24.2 Å². The van der Waals surface area contributed by atoms with E-state index in [-0.39, 0.29) is 60.9 Å². The van der Waals surface area contributed by atoms with Gasteiger partial charge in [0.15, 0.2) is 5.72 Å². The van der Waals surface area contributed by atoms with Crippen molar-refractivity contribution in [1.29, 1.82) is 0 Å². The molecule has 8 amide bonds. The summed E-state index contributed by atoms with van der Waals surface area (Å²) >= 11 is 10.0. The van der Waals surface area contributed by atoms with E-state index in [1.807, 2.05) is 13.0 Å². The van der Waals surface area contributed by atoms with Gasteiger partial charge in [0.2, 0.25) is 23.6 Å². The van der Waals surface area contributed by atoms with Crippen molar-refractivity contribution < 1.29 is 71.9 Å². The number of amides is 8. The van der Waals surface area contributed by atoms with Gasteiger partial charge in [-0.15, -0.1) is 0 Å². The first-order valence-corrected chi connectivity index (χ1v) is 29.0. The van der Waals surface area contributed by atoms with Gasteiger partial charge < -0.3 is 65.4 Å². The predicted molar refractivity (Wildman–Crippen MR) is 315 cm³/mol. The second-order valence-electron chi connectivity index (χ2n) is 21.8. The normalized spacial score (nSPS) is 24.6. The number of nitrogens with two attached hydrogens (primary N) is 1. The third-order valence-electron chi connectivity index (χ3n) is 14.8. The molecule has 3 heterocycles. The summed E-state index contributed by atoms with van der Waals surface area (Å²) in [6.45, 7) is 16.0. The lowest BCUT2D eigenvalue weighted by atomic mass is 9.83. The molecule has 2 fully saturated rings. The molecule has 0 radical (unpaired) electrons. The summed E-state index contributed by atoms with van der Waals surface area (Å²) in [6, 6.07) is 5.22. The Balaban J connectivity index is 1.32. The van der Waals surface area contributed by atoms with Crippen LogP contribution < -0.4 is 47.3 Å². The minimum atomic E-state index is -1.90. The molecule has 0 aliphatic carbocycles. The summed E-state index contributed by atoms with van der Waals surface area (Å²) in [7, 11) is 4.41. The number of unbranched alkanes of at least 4 members (excludes halogenated alkanes) is 1. The number of alkyl halides is 1. The number of alkyl carbamates (subject to hydrolysis) is 1. The minimum absolute atomic E-state index is 0.0661. The second kappa shape index (κ2) is 30.2. The van der Waals surface area contributed by atoms with Gasteiger partial charge in [-0.2, -0.15) is 0 Å². The van der Waals surface area contributed by atoms with Crippen LogP contribution in [0.4, 0.5) is 31.4 Å². The van der Waals surface area contributed by atoms with E-state index in [4.69, 9.17) is 45.8 Å². The summed E-state index contributed by atoms with van der Waals surface area (Å²) in [4.78, 5) is 107. The molecule has 0 aromatic heterocycles. The first-order chi connectivity index (χ1) is 39.1. The molecule has 456 valence electrons. The molecule has 4 bridgehead atoms. The van der Waals surface area contributed by atoms with E-state index in [1.165, 1.54) is 31.3 Å². The molecule has 3 aliphatic heterocycles. The number of ether oxygens (including phenoxy) is 6. The molecule has 25 heteroatoms. The Kier molecular flexibility index (Phi) is 24.4. The van der Waals surface area contributed by atoms with E-state index in [1.54, 1.807) is 78.9 Å². The van der Waals surface area contributed by atoms with Crippen LogP contribution in [-0.2, 0) is 54.1 Å². The number of anilines is 3. The van der Waals surface area contributed by atoms with Gasteiger partial charge in [-0.05, 0) is 114 Å². The number of urea groups is 1. The van der Waals surface area contributed by atoms with Crippen molar-refractivity contribution >= 4 is 92.4 Å². The van der Waals surface area contributed by atoms with Crippen molar-refractivity contribution in [3.63, 3.8) is 0 Å². The Bertz CT molecular complexity index is 2800. The smallest absolute Gasteiger partial charge is 0.412 e. The number of nitrogens with zero attached hydrogens (tertiary/aromatic N) is 1. The fraction of sp³-hybridized carbons (Fsp3) is 0.552. The summed E-state index contributed by atoms with van der Waals surface area (Å²) in [6.07, 6.45) is 0.846. The van der Waals surface area contributed by atoms with Crippen molar-refractivity contribution in [2.75, 3.05) is 48.7 Å². The summed E-state index contributed by atoms with van der Waals surface area (Å²) in [5.74, 6) is -3.27. The van der Waals surface area contributed by atoms with E-state index in [9.17, 15) is 43.5 Å². The molecule has 83 heavy (non-hydrogen) atoms. The minimum Gasteiger partial charge on any atom is -0.495 e. The number of hydrogen-bond donors (Lipinski definition) is 8. The fourth-order valence-electron chi connectivity index (χ4n) is 9.91. The number of halogens is 2. The number of aliphatic hydroxyl groups is 1. The van der Waals surface area contributed by atoms with Crippen molar-refractivity contribution in [2.24, 2.45) is 17.6 Å². The van der Waals surface area contributed by atoms with Crippen LogP contribution in [0.5, 0.6) is 5.75 Å². The van der Waals surface area contributed by atoms with E-state index < -0.39 is 102 Å². The zero-order chi connectivity index (χ0) is 61.5. The zero-order valence-corrected chi connectivity index (χ0v) is 51.1. The number of carbonyl (C=O) groups is 8. The number of methoxy groups -OCH3 is 2. The van der Waals surface area contributed by atoms with Gasteiger partial charge in [0, 0.05) is 61.7 Å². The Morgan fingerprint density at radius 1 is 1.01 bits per heavy atom. The average Bonchev–Trinajstić information content (AvgIpc) is 3.52. The first-order valence-electron chi connectivity index (χ1n) is 27.5. The molecule has 2 saturated heterocycles. The van der Waals surface area contributed by atoms with Crippen molar-refractivity contribution in [2.45, 2.75) is 160 Å². The van der Waals surface area contributed by atoms with E-state index in [0.717, 1.165) is 11.1 Å². The highest BCUT2D eigenvalue weighted by molar-refractivity contribution is 9.09. The molecular formula is C58H80BrClN8O15. The molecule has 9 N–H and O–H groups in total. The molecule has 3 aliphatic rings. The molecule has 0 spiro atoms. The maximum Gasteiger partial charge on any atom is 0.412 e. The number of hydrogen-bond acceptors (Lipinski definition) is 15. The fourth-order valence-corrected chi connectivity index (χ4v) is 10.5. The third-order valence-corrected chi connectivity index (χ3v) is 15.9. The lowest BCUT2D eigenvalue weighted by Crippen LogP contribution is -2.63. The number of nitrogens with one attached hydrogen (secondary N) is 6. The van der Waals surface area contributed by atoms with Crippen molar-refractivity contribution in [3.05, 3.63) is 82.4 Å². The lowest BCUT2D eigenvalue weighted by Gasteiger charge is -2.42. The van der Waals surface area contributed by atoms with Crippen LogP contribution in [0, 0.1) is 18.8 Å². The number of fused-ring (bicyclic) bond motifs is 5. The average molecular weight is 1240 g/mol. The SMILES string of the molecule is C=C(CBr)C(=O)OC(C)CCCCC(=O)N[C@H](C(=O)N[C@@H](CCCNC(N)=O)C(=O)Nc1ccc(NC(=O)O[C@H]2CC(=O)N(C)c3cc(cc(OC)c3Cl)C/C(C)=C/C=C/[C@@H](OC)[C@@]3(O)C[C@H](OC(=O)N3)[C@@H](C)[C@@H]3O[C@@]23C)cc1C)C(C)C. The largest absolute Gasteiger partial charge is 0.495 e. The Morgan fingerprint density at radius 2 is 1.73 bits per heavy atom. The summed E-state index contributed by atoms with van der Waals surface area (Å²) < 4.78 is 34.8. The molecule has 2 aromatic rings. The highest BCUT2D eigenvalue weighted by Crippen LogP contribution is 2.49. The number of benzene rings is 2. The van der Waals surface area contributed by atoms with Crippen LogP contribution in [0.25, 0.3) is 0 Å². The van der Waals surface area contributed by atoms with Gasteiger partial charge in [-0.25, -0.2) is 19.2 Å². The van der Waals surface area contributed by atoms with Crippen LogP contribution in [-0.4, -0.2) is 140 Å².